The first-order chi connectivity index (χ1) is 21.3. The number of aromatic amines is 1. The van der Waals surface area contributed by atoms with Crippen molar-refractivity contribution in [2.24, 2.45) is 0 Å². The minimum atomic E-state index is -4.59. The summed E-state index contributed by atoms with van der Waals surface area (Å²) in [6.45, 7) is -5.62. The van der Waals surface area contributed by atoms with Gasteiger partial charge in [0.2, 0.25) is 0 Å². The number of hydrogen-bond acceptors (Lipinski definition) is 17. The molecule has 0 aromatic carbocycles. The molecule has 3 aliphatic heterocycles. The predicted molar refractivity (Wildman–Crippen MR) is 158 cm³/mol. The molecule has 4 aromatic rings. The molecule has 0 spiro atoms. The van der Waals surface area contributed by atoms with Gasteiger partial charge in [0.05, 0.1) is 0 Å². The third kappa shape index (κ3) is 5.59. The Morgan fingerprint density at radius 2 is 1.73 bits per heavy atom. The van der Waals surface area contributed by atoms with Crippen molar-refractivity contribution in [2.75, 3.05) is 24.7 Å². The van der Waals surface area contributed by atoms with Crippen LogP contribution >= 0.6 is 26.1 Å². The molecule has 25 heteroatoms. The van der Waals surface area contributed by atoms with Crippen molar-refractivity contribution < 1.29 is 46.1 Å². The molecule has 2 bridgehead atoms. The minimum absolute atomic E-state index is 0.0490. The molecule has 0 aliphatic carbocycles. The summed E-state index contributed by atoms with van der Waals surface area (Å²) in [5.41, 5.74) is 11.0. The summed E-state index contributed by atoms with van der Waals surface area (Å²) >= 11 is 9.26. The fourth-order valence-corrected chi connectivity index (χ4v) is 8.37. The average Bonchev–Trinajstić information content (AvgIpc) is 3.72. The van der Waals surface area contributed by atoms with Crippen LogP contribution in [0.25, 0.3) is 22.3 Å². The van der Waals surface area contributed by atoms with Gasteiger partial charge in [0.1, 0.15) is 0 Å². The van der Waals surface area contributed by atoms with Crippen LogP contribution in [-0.2, 0) is 39.4 Å². The molecule has 7 heterocycles. The van der Waals surface area contributed by atoms with E-state index in [1.54, 1.807) is 0 Å². The first-order valence-corrected chi connectivity index (χ1v) is 18.6. The molecule has 0 amide bonds. The van der Waals surface area contributed by atoms with Crippen molar-refractivity contribution in [3.63, 3.8) is 0 Å². The fourth-order valence-electron chi connectivity index (χ4n) is 5.30. The van der Waals surface area contributed by atoms with E-state index in [0.717, 1.165) is 12.7 Å². The number of alkyl halides is 2. The number of rotatable bonds is 2. The molecule has 0 saturated carbocycles. The van der Waals surface area contributed by atoms with Crippen molar-refractivity contribution in [2.45, 2.75) is 49.2 Å². The van der Waals surface area contributed by atoms with Crippen LogP contribution in [0.3, 0.4) is 0 Å². The van der Waals surface area contributed by atoms with Gasteiger partial charge in [0, 0.05) is 0 Å². The Hall–Kier alpha value is -2.53. The van der Waals surface area contributed by atoms with Crippen LogP contribution in [0.4, 0.5) is 20.5 Å². The molecule has 2 unspecified atom stereocenters. The first-order valence-electron chi connectivity index (χ1n) is 13.0. The Kier molecular flexibility index (Phi) is 7.82. The van der Waals surface area contributed by atoms with E-state index in [-0.39, 0.29) is 34.1 Å². The van der Waals surface area contributed by atoms with Crippen LogP contribution in [0.2, 0.25) is 0 Å². The molecule has 3 saturated heterocycles. The zero-order valence-corrected chi connectivity index (χ0v) is 26.0. The average molecular weight is 713 g/mol. The normalized spacial score (nSPS) is 36.3. The Labute approximate surface area is 260 Å². The molecule has 244 valence electrons. The van der Waals surface area contributed by atoms with Gasteiger partial charge in [-0.05, 0) is 0 Å². The third-order valence-corrected chi connectivity index (χ3v) is 10.7. The Morgan fingerprint density at radius 3 is 2.51 bits per heavy atom. The second-order valence-corrected chi connectivity index (χ2v) is 16.3. The molecule has 45 heavy (non-hydrogen) atoms. The van der Waals surface area contributed by atoms with Gasteiger partial charge in [-0.15, -0.1) is 0 Å². The van der Waals surface area contributed by atoms with E-state index in [1.807, 2.05) is 0 Å². The second-order valence-electron chi connectivity index (χ2n) is 10.2. The Balaban J connectivity index is 1.20. The van der Waals surface area contributed by atoms with Gasteiger partial charge in [-0.3, -0.25) is 0 Å². The van der Waals surface area contributed by atoms with Gasteiger partial charge >= 0.3 is 260 Å². The number of aromatic nitrogens is 8. The molecule has 19 nitrogen and oxygen atoms in total. The molecular formula is C20H24F2N10O9P2S2. The summed E-state index contributed by atoms with van der Waals surface area (Å²) in [7, 11) is -4.59. The zero-order valence-electron chi connectivity index (χ0n) is 22.4. The maximum absolute atomic E-state index is 16.0. The van der Waals surface area contributed by atoms with Gasteiger partial charge in [-0.2, -0.15) is 0 Å². The molecule has 0 radical (unpaired) electrons. The summed E-state index contributed by atoms with van der Waals surface area (Å²) in [5, 5.41) is 0. The number of hydrogen-bond donors (Lipinski definition) is 6. The summed E-state index contributed by atoms with van der Waals surface area (Å²) in [6.07, 6.45) is -9.45. The van der Waals surface area contributed by atoms with E-state index in [0.29, 0.717) is 0 Å². The molecule has 7 rings (SSSR count). The van der Waals surface area contributed by atoms with E-state index >= 15 is 8.78 Å². The van der Waals surface area contributed by atoms with Gasteiger partial charge in [-0.1, -0.05) is 0 Å². The van der Waals surface area contributed by atoms with Crippen LogP contribution in [0, 0.1) is 0 Å². The van der Waals surface area contributed by atoms with E-state index in [9.17, 15) is 14.6 Å². The number of anilines is 2. The van der Waals surface area contributed by atoms with Crippen LogP contribution < -0.4 is 17.0 Å². The number of fused-ring (bicyclic) bond motifs is 5. The van der Waals surface area contributed by atoms with E-state index in [2.05, 4.69) is 42.2 Å². The number of H-pyrrole nitrogens is 1. The van der Waals surface area contributed by atoms with Crippen molar-refractivity contribution in [3.8, 4) is 0 Å². The number of nitrogens with two attached hydrogens (primary N) is 2. The molecule has 9 atom stereocenters. The summed E-state index contributed by atoms with van der Waals surface area (Å²) < 4.78 is 68.2. The number of nitrogens with one attached hydrogen (secondary N) is 1. The Bertz CT molecular complexity index is 1890. The molecule has 3 aliphatic rings. The maximum atomic E-state index is 16.0. The molecule has 3 fully saturated rings. The second kappa shape index (κ2) is 11.3. The number of halogens is 2. The zero-order chi connectivity index (χ0) is 31.8. The van der Waals surface area contributed by atoms with Crippen LogP contribution in [0.15, 0.2) is 23.8 Å². The summed E-state index contributed by atoms with van der Waals surface area (Å²) in [4.78, 5) is 56.7. The van der Waals surface area contributed by atoms with Crippen molar-refractivity contribution >= 4 is 72.0 Å². The van der Waals surface area contributed by atoms with Crippen molar-refractivity contribution in [1.29, 1.82) is 0 Å². The number of nitrogens with zero attached hydrogens (tertiary/aromatic N) is 7. The van der Waals surface area contributed by atoms with Crippen LogP contribution in [-0.4, -0.2) is 98.8 Å². The summed E-state index contributed by atoms with van der Waals surface area (Å²) in [6, 6.07) is 0. The number of ether oxygens (including phenoxy) is 2. The van der Waals surface area contributed by atoms with Gasteiger partial charge in [0.15, 0.2) is 0 Å². The number of imidazole rings is 2. The van der Waals surface area contributed by atoms with E-state index in [4.69, 9.17) is 50.8 Å². The monoisotopic (exact) mass is 712 g/mol. The fraction of sp³-hybridized carbons (Fsp3) is 0.500. The van der Waals surface area contributed by atoms with Gasteiger partial charge in [-0.25, -0.2) is 0 Å². The number of thiol groups is 1. The van der Waals surface area contributed by atoms with E-state index < -0.39 is 81.9 Å². The van der Waals surface area contributed by atoms with E-state index in [1.165, 1.54) is 15.5 Å². The predicted octanol–water partition coefficient (Wildman–Crippen LogP) is -0.0391. The number of nitrogen functional groups attached to an aromatic ring is 2. The van der Waals surface area contributed by atoms with Crippen LogP contribution in [0.5, 0.6) is 0 Å². The summed E-state index contributed by atoms with van der Waals surface area (Å²) in [5.74, 6) is -0.201. The van der Waals surface area contributed by atoms with Gasteiger partial charge in [0.25, 0.3) is 0 Å². The Morgan fingerprint density at radius 1 is 1.02 bits per heavy atom. The topological polar surface area (TPSA) is 255 Å². The van der Waals surface area contributed by atoms with Gasteiger partial charge < -0.3 is 0 Å². The standard InChI is InChI=1S/C20H24F2N10O9P2S2/c21-8-6-1-36-42(34,44)40-12-7(39-18(9(12)22)31-4-27-10-14(23)25-3-26-15(10)31)2-37-43(35,45)41-13(8)19(38-6)32-5-28-11-16(32)29-20(24)30-17(11)33/h3-9,12-13,18-19,35,43,45H,1-2H2,(H,34,44)(H2,23,25,26)(H3,24,29,30,33)/t6-,7-,8?,9+,12?,13+,18-,19-,42-/m1/s1. The SMILES string of the molecule is Nc1nc2c(ncn2[C@@H]2O[C@@H]3CO[P@@](O)(=S)OC4[C@@H](CO[PH](O)(S)O[C@H]2C3F)O[C@@H](n2cnc3c(N)ncnc32)[C@H]4F)c(=O)[nH]1. The first kappa shape index (κ1) is 31.1. The molecule has 7 N–H and O–H groups in total. The van der Waals surface area contributed by atoms with Crippen LogP contribution in [0.1, 0.15) is 12.5 Å². The quantitative estimate of drug-likeness (QED) is 0.118. The third-order valence-electron chi connectivity index (χ3n) is 7.30. The van der Waals surface area contributed by atoms with Crippen molar-refractivity contribution in [3.05, 3.63) is 29.3 Å². The van der Waals surface area contributed by atoms with Crippen molar-refractivity contribution in [1.82, 2.24) is 39.0 Å². The molecular weight excluding hydrogens is 688 g/mol. The molecule has 4 aromatic heterocycles.